The van der Waals surface area contributed by atoms with Crippen LogP contribution in [0.25, 0.3) is 0 Å². The standard InChI is InChI=1S/C15H20F3N3O4S/c1-14(2,26(23,24)21-11-5-7-25-8-6-11)13(22)20-12-4-3-10(9-19-12)15(16,17)18/h3-4,9,11,21H,5-8H2,1-2H3,(H,19,20,22). The molecule has 0 bridgehead atoms. The van der Waals surface area contributed by atoms with Crippen molar-refractivity contribution >= 4 is 21.7 Å². The SMILES string of the molecule is CC(C)(C(=O)Nc1ccc(C(F)(F)F)cn1)S(=O)(=O)NC1CCOCC1. The fraction of sp³-hybridized carbons (Fsp3) is 0.600. The molecule has 0 radical (unpaired) electrons. The van der Waals surface area contributed by atoms with Gasteiger partial charge in [-0.3, -0.25) is 4.79 Å². The van der Waals surface area contributed by atoms with Crippen molar-refractivity contribution < 1.29 is 31.1 Å². The first-order valence-corrected chi connectivity index (χ1v) is 9.36. The smallest absolute Gasteiger partial charge is 0.381 e. The molecule has 0 atom stereocenters. The highest BCUT2D eigenvalue weighted by atomic mass is 32.2. The molecule has 11 heteroatoms. The number of hydrogen-bond donors (Lipinski definition) is 2. The van der Waals surface area contributed by atoms with Crippen LogP contribution in [-0.2, 0) is 25.7 Å². The zero-order chi connectivity index (χ0) is 19.6. The van der Waals surface area contributed by atoms with Crippen LogP contribution in [0.2, 0.25) is 0 Å². The molecule has 0 aliphatic carbocycles. The lowest BCUT2D eigenvalue weighted by Crippen LogP contribution is -2.53. The van der Waals surface area contributed by atoms with Crippen LogP contribution in [0.1, 0.15) is 32.3 Å². The maximum atomic E-state index is 12.6. The van der Waals surface area contributed by atoms with Crippen molar-refractivity contribution in [2.75, 3.05) is 18.5 Å². The second kappa shape index (κ2) is 7.49. The Morgan fingerprint density at radius 3 is 2.35 bits per heavy atom. The zero-order valence-corrected chi connectivity index (χ0v) is 15.1. The van der Waals surface area contributed by atoms with E-state index < -0.39 is 32.4 Å². The van der Waals surface area contributed by atoms with E-state index in [1.165, 1.54) is 13.8 Å². The first-order chi connectivity index (χ1) is 11.9. The van der Waals surface area contributed by atoms with Gasteiger partial charge in [0.25, 0.3) is 0 Å². The Morgan fingerprint density at radius 2 is 1.85 bits per heavy atom. The minimum Gasteiger partial charge on any atom is -0.381 e. The first-order valence-electron chi connectivity index (χ1n) is 7.88. The van der Waals surface area contributed by atoms with E-state index >= 15 is 0 Å². The molecule has 1 fully saturated rings. The van der Waals surface area contributed by atoms with Gasteiger partial charge in [-0.15, -0.1) is 0 Å². The number of sulfonamides is 1. The third-order valence-electron chi connectivity index (χ3n) is 4.09. The van der Waals surface area contributed by atoms with E-state index in [0.29, 0.717) is 32.3 Å². The molecule has 1 aliphatic heterocycles. The molecular formula is C15H20F3N3O4S. The number of carbonyl (C=O) groups excluding carboxylic acids is 1. The number of pyridine rings is 1. The summed E-state index contributed by atoms with van der Waals surface area (Å²) in [5, 5.41) is 2.24. The monoisotopic (exact) mass is 395 g/mol. The van der Waals surface area contributed by atoms with Crippen LogP contribution in [-0.4, -0.2) is 43.3 Å². The number of aromatic nitrogens is 1. The molecule has 26 heavy (non-hydrogen) atoms. The van der Waals surface area contributed by atoms with E-state index in [0.717, 1.165) is 12.1 Å². The third-order valence-corrected chi connectivity index (χ3v) is 6.27. The number of nitrogens with zero attached hydrogens (tertiary/aromatic N) is 1. The fourth-order valence-corrected chi connectivity index (χ4v) is 3.47. The molecule has 7 nitrogen and oxygen atoms in total. The number of rotatable bonds is 5. The lowest BCUT2D eigenvalue weighted by Gasteiger charge is -2.29. The molecule has 0 unspecified atom stereocenters. The lowest BCUT2D eigenvalue weighted by molar-refractivity contribution is -0.137. The Hall–Kier alpha value is -1.72. The van der Waals surface area contributed by atoms with E-state index in [-0.39, 0.29) is 11.9 Å². The highest BCUT2D eigenvalue weighted by Gasteiger charge is 2.43. The largest absolute Gasteiger partial charge is 0.417 e. The molecule has 1 aliphatic rings. The molecule has 2 heterocycles. The van der Waals surface area contributed by atoms with Crippen molar-refractivity contribution in [1.82, 2.24) is 9.71 Å². The maximum absolute atomic E-state index is 12.6. The van der Waals surface area contributed by atoms with Crippen molar-refractivity contribution in [1.29, 1.82) is 0 Å². The number of nitrogens with one attached hydrogen (secondary N) is 2. The molecular weight excluding hydrogens is 375 g/mol. The Labute approximate surface area is 149 Å². The van der Waals surface area contributed by atoms with Gasteiger partial charge in [0.1, 0.15) is 5.82 Å². The maximum Gasteiger partial charge on any atom is 0.417 e. The summed E-state index contributed by atoms with van der Waals surface area (Å²) in [6.07, 6.45) is -2.99. The van der Waals surface area contributed by atoms with Crippen molar-refractivity contribution in [3.8, 4) is 0 Å². The minimum absolute atomic E-state index is 0.169. The van der Waals surface area contributed by atoms with Gasteiger partial charge >= 0.3 is 6.18 Å². The summed E-state index contributed by atoms with van der Waals surface area (Å²) in [6.45, 7) is 3.28. The van der Waals surface area contributed by atoms with Gasteiger partial charge in [0.05, 0.1) is 5.56 Å². The van der Waals surface area contributed by atoms with Crippen molar-refractivity contribution in [2.45, 2.75) is 43.7 Å². The number of carbonyl (C=O) groups is 1. The average molecular weight is 395 g/mol. The predicted molar refractivity (Wildman–Crippen MR) is 87.8 cm³/mol. The second-order valence-corrected chi connectivity index (χ2v) is 8.67. The van der Waals surface area contributed by atoms with Gasteiger partial charge in [-0.25, -0.2) is 18.1 Å². The van der Waals surface area contributed by atoms with Gasteiger partial charge in [-0.1, -0.05) is 0 Å². The molecule has 1 amide bonds. The number of alkyl halides is 3. The van der Waals surface area contributed by atoms with Crippen LogP contribution in [0.5, 0.6) is 0 Å². The van der Waals surface area contributed by atoms with Gasteiger partial charge in [0, 0.05) is 25.5 Å². The van der Waals surface area contributed by atoms with Crippen molar-refractivity contribution in [3.05, 3.63) is 23.9 Å². The number of hydrogen-bond acceptors (Lipinski definition) is 5. The summed E-state index contributed by atoms with van der Waals surface area (Å²) in [4.78, 5) is 15.9. The van der Waals surface area contributed by atoms with Crippen LogP contribution in [0.4, 0.5) is 19.0 Å². The topological polar surface area (TPSA) is 97.4 Å². The Morgan fingerprint density at radius 1 is 1.23 bits per heavy atom. The van der Waals surface area contributed by atoms with Gasteiger partial charge < -0.3 is 10.1 Å². The van der Waals surface area contributed by atoms with Crippen LogP contribution < -0.4 is 10.0 Å². The summed E-state index contributed by atoms with van der Waals surface area (Å²) >= 11 is 0. The van der Waals surface area contributed by atoms with E-state index in [1.807, 2.05) is 0 Å². The third kappa shape index (κ3) is 4.71. The van der Waals surface area contributed by atoms with Crippen LogP contribution in [0.15, 0.2) is 18.3 Å². The molecule has 0 saturated carbocycles. The van der Waals surface area contributed by atoms with Gasteiger partial charge in [-0.05, 0) is 38.8 Å². The Kier molecular flexibility index (Phi) is 5.93. The summed E-state index contributed by atoms with van der Waals surface area (Å²) in [7, 11) is -4.04. The number of anilines is 1. The Bertz CT molecular complexity index is 742. The van der Waals surface area contributed by atoms with Crippen LogP contribution >= 0.6 is 0 Å². The Balaban J connectivity index is 2.08. The summed E-state index contributed by atoms with van der Waals surface area (Å²) in [5.41, 5.74) is -0.969. The van der Waals surface area contributed by atoms with Gasteiger partial charge in [0.2, 0.25) is 15.9 Å². The molecule has 146 valence electrons. The van der Waals surface area contributed by atoms with Crippen LogP contribution in [0, 0.1) is 0 Å². The quantitative estimate of drug-likeness (QED) is 0.794. The zero-order valence-electron chi connectivity index (χ0n) is 14.3. The van der Waals surface area contributed by atoms with E-state index in [4.69, 9.17) is 4.74 Å². The predicted octanol–water partition coefficient (Wildman–Crippen LogP) is 1.92. The van der Waals surface area contributed by atoms with Crippen molar-refractivity contribution in [3.63, 3.8) is 0 Å². The fourth-order valence-electron chi connectivity index (χ4n) is 2.21. The number of ether oxygens (including phenoxy) is 1. The molecule has 1 aromatic heterocycles. The number of amides is 1. The molecule has 2 N–H and O–H groups in total. The van der Waals surface area contributed by atoms with Crippen LogP contribution in [0.3, 0.4) is 0 Å². The van der Waals surface area contributed by atoms with E-state index in [9.17, 15) is 26.4 Å². The van der Waals surface area contributed by atoms with Gasteiger partial charge in [0.15, 0.2) is 4.75 Å². The summed E-state index contributed by atoms with van der Waals surface area (Å²) in [5.74, 6) is -1.07. The van der Waals surface area contributed by atoms with E-state index in [1.54, 1.807) is 0 Å². The second-order valence-electron chi connectivity index (χ2n) is 6.40. The van der Waals surface area contributed by atoms with Gasteiger partial charge in [-0.2, -0.15) is 13.2 Å². The van der Waals surface area contributed by atoms with Crippen molar-refractivity contribution in [2.24, 2.45) is 0 Å². The minimum atomic E-state index is -4.55. The van der Waals surface area contributed by atoms with E-state index in [2.05, 4.69) is 15.0 Å². The molecule has 1 saturated heterocycles. The average Bonchev–Trinajstić information content (AvgIpc) is 2.54. The first kappa shape index (κ1) is 20.6. The molecule has 0 aromatic carbocycles. The highest BCUT2D eigenvalue weighted by Crippen LogP contribution is 2.29. The lowest BCUT2D eigenvalue weighted by atomic mass is 10.1. The normalized spacial score (nSPS) is 17.1. The summed E-state index contributed by atoms with van der Waals surface area (Å²) < 4.78 is 68.5. The summed E-state index contributed by atoms with van der Waals surface area (Å²) in [6, 6.07) is 1.39. The highest BCUT2D eigenvalue weighted by molar-refractivity contribution is 7.91. The number of halogens is 3. The molecule has 2 rings (SSSR count). The molecule has 1 aromatic rings. The molecule has 0 spiro atoms.